The van der Waals surface area contributed by atoms with Gasteiger partial charge >= 0.3 is 0 Å². The highest BCUT2D eigenvalue weighted by Gasteiger charge is 2.29. The molecule has 1 aliphatic carbocycles. The van der Waals surface area contributed by atoms with Gasteiger partial charge in [0.1, 0.15) is 0 Å². The van der Waals surface area contributed by atoms with Crippen molar-refractivity contribution in [3.05, 3.63) is 0 Å². The summed E-state index contributed by atoms with van der Waals surface area (Å²) in [6.45, 7) is 6.09. The third-order valence-corrected chi connectivity index (χ3v) is 3.78. The van der Waals surface area contributed by atoms with Gasteiger partial charge in [0, 0.05) is 18.6 Å². The average molecular weight is 196 g/mol. The van der Waals surface area contributed by atoms with Crippen molar-refractivity contribution in [2.75, 3.05) is 19.6 Å². The molecule has 0 aromatic carbocycles. The van der Waals surface area contributed by atoms with Gasteiger partial charge in [-0.25, -0.2) is 0 Å². The molecule has 1 unspecified atom stereocenters. The van der Waals surface area contributed by atoms with Crippen LogP contribution in [0.15, 0.2) is 0 Å². The van der Waals surface area contributed by atoms with E-state index >= 15 is 0 Å². The van der Waals surface area contributed by atoms with Crippen LogP contribution in [0.4, 0.5) is 0 Å². The number of nitrogens with one attached hydrogen (secondary N) is 1. The zero-order valence-electron chi connectivity index (χ0n) is 9.47. The monoisotopic (exact) mass is 196 g/mol. The van der Waals surface area contributed by atoms with Crippen molar-refractivity contribution in [1.29, 1.82) is 0 Å². The predicted molar refractivity (Wildman–Crippen MR) is 60.5 cm³/mol. The molecule has 2 rings (SSSR count). The molecule has 1 aliphatic heterocycles. The lowest BCUT2D eigenvalue weighted by Crippen LogP contribution is -2.43. The fraction of sp³-hybridized carbons (Fsp3) is 1.00. The number of hydrogen-bond acceptors (Lipinski definition) is 2. The molecule has 0 radical (unpaired) electrons. The van der Waals surface area contributed by atoms with Crippen molar-refractivity contribution in [1.82, 2.24) is 10.2 Å². The second kappa shape index (κ2) is 5.13. The van der Waals surface area contributed by atoms with Crippen molar-refractivity contribution in [2.45, 2.75) is 57.5 Å². The maximum absolute atomic E-state index is 3.49. The summed E-state index contributed by atoms with van der Waals surface area (Å²) in [6.07, 6.45) is 8.52. The topological polar surface area (TPSA) is 15.3 Å². The van der Waals surface area contributed by atoms with E-state index < -0.39 is 0 Å². The lowest BCUT2D eigenvalue weighted by molar-refractivity contribution is 0.145. The molecule has 82 valence electrons. The van der Waals surface area contributed by atoms with Gasteiger partial charge in [0.2, 0.25) is 0 Å². The number of nitrogens with zero attached hydrogens (tertiary/aromatic N) is 1. The molecule has 0 aromatic rings. The van der Waals surface area contributed by atoms with E-state index in [2.05, 4.69) is 17.1 Å². The zero-order valence-corrected chi connectivity index (χ0v) is 9.47. The Balaban J connectivity index is 1.91. The Hall–Kier alpha value is -0.0800. The van der Waals surface area contributed by atoms with E-state index in [0.717, 1.165) is 12.1 Å². The molecule has 1 atom stereocenters. The average Bonchev–Trinajstić information content (AvgIpc) is 2.87. The van der Waals surface area contributed by atoms with Gasteiger partial charge in [-0.05, 0) is 38.8 Å². The van der Waals surface area contributed by atoms with Crippen LogP contribution in [0.1, 0.15) is 45.4 Å². The van der Waals surface area contributed by atoms with Gasteiger partial charge in [-0.15, -0.1) is 0 Å². The molecule has 0 bridgehead atoms. The van der Waals surface area contributed by atoms with E-state index in [9.17, 15) is 0 Å². The van der Waals surface area contributed by atoms with E-state index in [4.69, 9.17) is 0 Å². The Morgan fingerprint density at radius 2 is 1.93 bits per heavy atom. The second-order valence-corrected chi connectivity index (χ2v) is 4.82. The first-order valence-electron chi connectivity index (χ1n) is 6.38. The van der Waals surface area contributed by atoms with Gasteiger partial charge in [0.05, 0.1) is 0 Å². The van der Waals surface area contributed by atoms with Crippen LogP contribution in [0.3, 0.4) is 0 Å². The van der Waals surface area contributed by atoms with Crippen molar-refractivity contribution in [3.8, 4) is 0 Å². The summed E-state index contributed by atoms with van der Waals surface area (Å²) in [6, 6.07) is 1.76. The van der Waals surface area contributed by atoms with Gasteiger partial charge in [0.15, 0.2) is 0 Å². The van der Waals surface area contributed by atoms with E-state index in [1.54, 1.807) is 0 Å². The maximum Gasteiger partial charge on any atom is 0.0235 e. The fourth-order valence-electron chi connectivity index (χ4n) is 3.08. The van der Waals surface area contributed by atoms with Crippen molar-refractivity contribution in [2.24, 2.45) is 0 Å². The molecule has 0 aromatic heterocycles. The summed E-state index contributed by atoms with van der Waals surface area (Å²) in [4.78, 5) is 2.80. The summed E-state index contributed by atoms with van der Waals surface area (Å²) in [5.74, 6) is 0. The molecular weight excluding hydrogens is 172 g/mol. The molecule has 0 amide bonds. The normalized spacial score (nSPS) is 29.1. The first kappa shape index (κ1) is 10.4. The molecule has 2 heteroatoms. The Kier molecular flexibility index (Phi) is 3.82. The van der Waals surface area contributed by atoms with Crippen LogP contribution < -0.4 is 5.32 Å². The number of hydrogen-bond donors (Lipinski definition) is 1. The van der Waals surface area contributed by atoms with Crippen LogP contribution in [0.25, 0.3) is 0 Å². The van der Waals surface area contributed by atoms with Gasteiger partial charge in [-0.3, -0.25) is 4.90 Å². The Morgan fingerprint density at radius 3 is 2.50 bits per heavy atom. The largest absolute Gasteiger partial charge is 0.315 e. The van der Waals surface area contributed by atoms with Crippen LogP contribution in [0, 0.1) is 0 Å². The summed E-state index contributed by atoms with van der Waals surface area (Å²) >= 11 is 0. The highest BCUT2D eigenvalue weighted by molar-refractivity contribution is 4.87. The van der Waals surface area contributed by atoms with Gasteiger partial charge < -0.3 is 5.32 Å². The lowest BCUT2D eigenvalue weighted by Gasteiger charge is -2.33. The van der Waals surface area contributed by atoms with Crippen LogP contribution in [-0.4, -0.2) is 36.6 Å². The molecule has 14 heavy (non-hydrogen) atoms. The van der Waals surface area contributed by atoms with Crippen LogP contribution in [0.5, 0.6) is 0 Å². The molecule has 1 saturated heterocycles. The minimum Gasteiger partial charge on any atom is -0.315 e. The summed E-state index contributed by atoms with van der Waals surface area (Å²) in [5.41, 5.74) is 0. The van der Waals surface area contributed by atoms with Crippen LogP contribution >= 0.6 is 0 Å². The first-order valence-corrected chi connectivity index (χ1v) is 6.38. The third-order valence-electron chi connectivity index (χ3n) is 3.78. The fourth-order valence-corrected chi connectivity index (χ4v) is 3.08. The molecule has 1 saturated carbocycles. The van der Waals surface area contributed by atoms with Crippen molar-refractivity contribution >= 4 is 0 Å². The maximum atomic E-state index is 3.49. The van der Waals surface area contributed by atoms with E-state index in [1.807, 2.05) is 0 Å². The van der Waals surface area contributed by atoms with Gasteiger partial charge in [0.25, 0.3) is 0 Å². The van der Waals surface area contributed by atoms with Crippen LogP contribution in [0.2, 0.25) is 0 Å². The SMILES string of the molecule is CCCN(C1CCCC1)C1CCNC1. The Labute approximate surface area is 88.1 Å². The summed E-state index contributed by atoms with van der Waals surface area (Å²) < 4.78 is 0. The zero-order chi connectivity index (χ0) is 9.80. The predicted octanol–water partition coefficient (Wildman–Crippen LogP) is 2.00. The first-order chi connectivity index (χ1) is 6.92. The Morgan fingerprint density at radius 1 is 1.14 bits per heavy atom. The lowest BCUT2D eigenvalue weighted by atomic mass is 10.1. The molecular formula is C12H24N2. The molecule has 1 heterocycles. The highest BCUT2D eigenvalue weighted by Crippen LogP contribution is 2.26. The summed E-state index contributed by atoms with van der Waals surface area (Å²) in [7, 11) is 0. The van der Waals surface area contributed by atoms with Gasteiger partial charge in [-0.2, -0.15) is 0 Å². The molecule has 0 spiro atoms. The second-order valence-electron chi connectivity index (χ2n) is 4.82. The summed E-state index contributed by atoms with van der Waals surface area (Å²) in [5, 5.41) is 3.49. The van der Waals surface area contributed by atoms with E-state index in [0.29, 0.717) is 0 Å². The van der Waals surface area contributed by atoms with E-state index in [1.165, 1.54) is 58.2 Å². The Bertz CT molecular complexity index is 142. The quantitative estimate of drug-likeness (QED) is 0.740. The highest BCUT2D eigenvalue weighted by atomic mass is 15.2. The standard InChI is InChI=1S/C12H24N2/c1-2-9-14(11-5-3-4-6-11)12-7-8-13-10-12/h11-13H,2-10H2,1H3. The minimum absolute atomic E-state index is 0.845. The van der Waals surface area contributed by atoms with Crippen molar-refractivity contribution < 1.29 is 0 Å². The third kappa shape index (κ3) is 2.29. The molecule has 2 nitrogen and oxygen atoms in total. The molecule has 2 fully saturated rings. The molecule has 1 N–H and O–H groups in total. The van der Waals surface area contributed by atoms with Crippen LogP contribution in [-0.2, 0) is 0 Å². The van der Waals surface area contributed by atoms with Gasteiger partial charge in [-0.1, -0.05) is 19.8 Å². The van der Waals surface area contributed by atoms with E-state index in [-0.39, 0.29) is 0 Å². The number of rotatable bonds is 4. The molecule has 2 aliphatic rings. The van der Waals surface area contributed by atoms with Crippen molar-refractivity contribution in [3.63, 3.8) is 0 Å². The smallest absolute Gasteiger partial charge is 0.0235 e. The minimum atomic E-state index is 0.845.